The van der Waals surface area contributed by atoms with Gasteiger partial charge in [0.25, 0.3) is 0 Å². The fourth-order valence-corrected chi connectivity index (χ4v) is 0.764. The lowest BCUT2D eigenvalue weighted by Gasteiger charge is -1.88. The Kier molecular flexibility index (Phi) is 1.42. The highest BCUT2D eigenvalue weighted by Gasteiger charge is 2.11. The molecular formula is C6H8N2O. The van der Waals surface area contributed by atoms with Gasteiger partial charge in [-0.25, -0.2) is 4.79 Å². The van der Waals surface area contributed by atoms with Crippen molar-refractivity contribution < 1.29 is 4.79 Å². The molecule has 2 amide bonds. The SMILES string of the molecule is CCC1=NC(=O)N=C1C. The lowest BCUT2D eigenvalue weighted by atomic mass is 10.2. The zero-order chi connectivity index (χ0) is 6.85. The van der Waals surface area contributed by atoms with Crippen molar-refractivity contribution in [2.24, 2.45) is 9.98 Å². The molecule has 1 aliphatic heterocycles. The molecule has 0 fully saturated rings. The Morgan fingerprint density at radius 3 is 2.33 bits per heavy atom. The summed E-state index contributed by atoms with van der Waals surface area (Å²) >= 11 is 0. The van der Waals surface area contributed by atoms with E-state index in [-0.39, 0.29) is 6.03 Å². The molecule has 0 radical (unpaired) electrons. The smallest absolute Gasteiger partial charge is 0.244 e. The standard InChI is InChI=1S/C6H8N2O/c1-3-5-4(2)7-6(9)8-5/h3H2,1-2H3. The molecule has 3 heteroatoms. The summed E-state index contributed by atoms with van der Waals surface area (Å²) in [5.74, 6) is 0. The first-order valence-corrected chi connectivity index (χ1v) is 2.91. The Morgan fingerprint density at radius 1 is 1.44 bits per heavy atom. The Hall–Kier alpha value is -0.990. The molecule has 3 nitrogen and oxygen atoms in total. The molecule has 0 N–H and O–H groups in total. The summed E-state index contributed by atoms with van der Waals surface area (Å²) in [7, 11) is 0. The van der Waals surface area contributed by atoms with Gasteiger partial charge in [0, 0.05) is 0 Å². The summed E-state index contributed by atoms with van der Waals surface area (Å²) in [6.07, 6.45) is 0.793. The van der Waals surface area contributed by atoms with E-state index in [1.807, 2.05) is 6.92 Å². The highest BCUT2D eigenvalue weighted by molar-refractivity contribution is 6.46. The van der Waals surface area contributed by atoms with Crippen LogP contribution in [0.3, 0.4) is 0 Å². The number of carbonyl (C=O) groups is 1. The minimum absolute atomic E-state index is 0.357. The van der Waals surface area contributed by atoms with E-state index in [0.29, 0.717) is 0 Å². The number of rotatable bonds is 1. The highest BCUT2D eigenvalue weighted by Crippen LogP contribution is 2.01. The summed E-state index contributed by atoms with van der Waals surface area (Å²) in [6, 6.07) is -0.357. The number of carbonyl (C=O) groups excluding carboxylic acids is 1. The van der Waals surface area contributed by atoms with Crippen LogP contribution in [0.5, 0.6) is 0 Å². The van der Waals surface area contributed by atoms with Crippen molar-refractivity contribution in [2.45, 2.75) is 20.3 Å². The normalized spacial score (nSPS) is 17.8. The van der Waals surface area contributed by atoms with E-state index in [1.54, 1.807) is 6.92 Å². The van der Waals surface area contributed by atoms with E-state index in [9.17, 15) is 4.79 Å². The minimum atomic E-state index is -0.357. The molecule has 9 heavy (non-hydrogen) atoms. The van der Waals surface area contributed by atoms with Crippen molar-refractivity contribution in [2.75, 3.05) is 0 Å². The van der Waals surface area contributed by atoms with Gasteiger partial charge in [-0.15, -0.1) is 0 Å². The van der Waals surface area contributed by atoms with Crippen LogP contribution in [0.2, 0.25) is 0 Å². The molecule has 1 aliphatic rings. The lowest BCUT2D eigenvalue weighted by molar-refractivity contribution is 0.257. The summed E-state index contributed by atoms with van der Waals surface area (Å²) < 4.78 is 0. The Morgan fingerprint density at radius 2 is 2.11 bits per heavy atom. The summed E-state index contributed by atoms with van der Waals surface area (Å²) in [5.41, 5.74) is 1.59. The topological polar surface area (TPSA) is 41.8 Å². The minimum Gasteiger partial charge on any atom is -0.244 e. The quantitative estimate of drug-likeness (QED) is 0.521. The molecule has 0 saturated carbocycles. The van der Waals surface area contributed by atoms with E-state index in [4.69, 9.17) is 0 Å². The first kappa shape index (κ1) is 6.13. The van der Waals surface area contributed by atoms with Gasteiger partial charge in [0.1, 0.15) is 0 Å². The van der Waals surface area contributed by atoms with Gasteiger partial charge >= 0.3 is 6.03 Å². The maximum Gasteiger partial charge on any atom is 0.367 e. The van der Waals surface area contributed by atoms with Crippen LogP contribution in [0.25, 0.3) is 0 Å². The Labute approximate surface area is 53.5 Å². The number of urea groups is 1. The van der Waals surface area contributed by atoms with Gasteiger partial charge in [-0.1, -0.05) is 6.92 Å². The van der Waals surface area contributed by atoms with Crippen LogP contribution in [0.4, 0.5) is 4.79 Å². The third kappa shape index (κ3) is 1.04. The second-order valence-electron chi connectivity index (χ2n) is 1.89. The molecule has 0 saturated heterocycles. The van der Waals surface area contributed by atoms with Gasteiger partial charge in [-0.2, -0.15) is 9.98 Å². The lowest BCUT2D eigenvalue weighted by Crippen LogP contribution is -2.03. The number of hydrogen-bond donors (Lipinski definition) is 0. The van der Waals surface area contributed by atoms with Crippen LogP contribution < -0.4 is 0 Å². The Balaban J connectivity index is 2.87. The van der Waals surface area contributed by atoms with Crippen LogP contribution in [0.15, 0.2) is 9.98 Å². The van der Waals surface area contributed by atoms with Crippen molar-refractivity contribution in [3.8, 4) is 0 Å². The largest absolute Gasteiger partial charge is 0.367 e. The molecule has 1 rings (SSSR count). The van der Waals surface area contributed by atoms with E-state index in [0.717, 1.165) is 17.8 Å². The van der Waals surface area contributed by atoms with Crippen molar-refractivity contribution in [3.05, 3.63) is 0 Å². The zero-order valence-electron chi connectivity index (χ0n) is 5.51. The molecule has 1 heterocycles. The first-order chi connectivity index (χ1) is 4.24. The van der Waals surface area contributed by atoms with Crippen molar-refractivity contribution in [1.82, 2.24) is 0 Å². The molecule has 0 atom stereocenters. The van der Waals surface area contributed by atoms with Crippen LogP contribution in [-0.2, 0) is 0 Å². The van der Waals surface area contributed by atoms with Gasteiger partial charge in [0.05, 0.1) is 11.4 Å². The first-order valence-electron chi connectivity index (χ1n) is 2.91. The third-order valence-electron chi connectivity index (χ3n) is 1.25. The number of hydrogen-bond acceptors (Lipinski definition) is 1. The van der Waals surface area contributed by atoms with E-state index >= 15 is 0 Å². The second kappa shape index (κ2) is 2.09. The molecule has 0 aromatic rings. The van der Waals surface area contributed by atoms with E-state index in [1.165, 1.54) is 0 Å². The predicted molar refractivity (Wildman–Crippen MR) is 36.2 cm³/mol. The molecule has 0 aliphatic carbocycles. The Bertz CT molecular complexity index is 203. The summed E-state index contributed by atoms with van der Waals surface area (Å²) in [6.45, 7) is 3.75. The van der Waals surface area contributed by atoms with Crippen LogP contribution in [-0.4, -0.2) is 17.5 Å². The van der Waals surface area contributed by atoms with Crippen molar-refractivity contribution in [1.29, 1.82) is 0 Å². The zero-order valence-corrected chi connectivity index (χ0v) is 5.51. The highest BCUT2D eigenvalue weighted by atomic mass is 16.2. The van der Waals surface area contributed by atoms with Crippen molar-refractivity contribution >= 4 is 17.5 Å². The van der Waals surface area contributed by atoms with Gasteiger partial charge in [0.2, 0.25) is 0 Å². The average Bonchev–Trinajstić information content (AvgIpc) is 2.10. The van der Waals surface area contributed by atoms with Crippen LogP contribution in [0.1, 0.15) is 20.3 Å². The maximum atomic E-state index is 10.4. The summed E-state index contributed by atoms with van der Waals surface area (Å²) in [5, 5.41) is 0. The van der Waals surface area contributed by atoms with Crippen LogP contribution in [0, 0.1) is 0 Å². The average molecular weight is 124 g/mol. The predicted octanol–water partition coefficient (Wildman–Crippen LogP) is 1.43. The van der Waals surface area contributed by atoms with Gasteiger partial charge in [-0.05, 0) is 13.3 Å². The molecule has 0 bridgehead atoms. The number of aliphatic imine (C=N–C) groups is 2. The van der Waals surface area contributed by atoms with Crippen molar-refractivity contribution in [3.63, 3.8) is 0 Å². The monoisotopic (exact) mass is 124 g/mol. The molecule has 48 valence electrons. The second-order valence-corrected chi connectivity index (χ2v) is 1.89. The molecular weight excluding hydrogens is 116 g/mol. The number of amides is 2. The molecule has 0 aromatic carbocycles. The van der Waals surface area contributed by atoms with Gasteiger partial charge < -0.3 is 0 Å². The van der Waals surface area contributed by atoms with E-state index < -0.39 is 0 Å². The van der Waals surface area contributed by atoms with Gasteiger partial charge in [0.15, 0.2) is 0 Å². The van der Waals surface area contributed by atoms with E-state index in [2.05, 4.69) is 9.98 Å². The molecule has 0 aromatic heterocycles. The third-order valence-corrected chi connectivity index (χ3v) is 1.25. The fraction of sp³-hybridized carbons (Fsp3) is 0.500. The molecule has 0 unspecified atom stereocenters. The van der Waals surface area contributed by atoms with Crippen LogP contribution >= 0.6 is 0 Å². The van der Waals surface area contributed by atoms with Gasteiger partial charge in [-0.3, -0.25) is 0 Å². The number of nitrogens with zero attached hydrogens (tertiary/aromatic N) is 2. The summed E-state index contributed by atoms with van der Waals surface area (Å²) in [4.78, 5) is 17.7. The molecule has 0 spiro atoms. The maximum absolute atomic E-state index is 10.4. The fourth-order valence-electron chi connectivity index (χ4n) is 0.764.